The summed E-state index contributed by atoms with van der Waals surface area (Å²) in [6, 6.07) is 4.87. The number of hydrogen-bond donors (Lipinski definition) is 3. The molecule has 1 amide bonds. The topological polar surface area (TPSA) is 92.4 Å². The van der Waals surface area contributed by atoms with Crippen LogP contribution in [-0.4, -0.2) is 17.0 Å². The third-order valence-electron chi connectivity index (χ3n) is 3.71. The van der Waals surface area contributed by atoms with Crippen LogP contribution in [0.3, 0.4) is 0 Å². The predicted octanol–water partition coefficient (Wildman–Crippen LogP) is 1.68. The van der Waals surface area contributed by atoms with E-state index in [9.17, 15) is 14.7 Å². The first-order valence-corrected chi connectivity index (χ1v) is 6.24. The molecular formula is C14H18N2O3. The summed E-state index contributed by atoms with van der Waals surface area (Å²) in [4.78, 5) is 22.5. The molecule has 0 aliphatic carbocycles. The Morgan fingerprint density at radius 2 is 2.11 bits per heavy atom. The highest BCUT2D eigenvalue weighted by atomic mass is 16.4. The monoisotopic (exact) mass is 262 g/mol. The van der Waals surface area contributed by atoms with E-state index < -0.39 is 17.4 Å². The van der Waals surface area contributed by atoms with E-state index in [-0.39, 0.29) is 5.91 Å². The van der Waals surface area contributed by atoms with Gasteiger partial charge in [-0.2, -0.15) is 0 Å². The van der Waals surface area contributed by atoms with Gasteiger partial charge in [0.05, 0.1) is 5.41 Å². The lowest BCUT2D eigenvalue weighted by Crippen LogP contribution is -2.36. The SMILES string of the molecule is CC(C)(C(=O)O)C(N)c1ccc2c(c1)CCC(=O)N2. The molecular weight excluding hydrogens is 244 g/mol. The lowest BCUT2D eigenvalue weighted by atomic mass is 9.80. The van der Waals surface area contributed by atoms with Crippen molar-refractivity contribution in [1.82, 2.24) is 0 Å². The molecule has 5 heteroatoms. The fraction of sp³-hybridized carbons (Fsp3) is 0.429. The number of nitrogens with two attached hydrogens (primary N) is 1. The predicted molar refractivity (Wildman–Crippen MR) is 71.7 cm³/mol. The largest absolute Gasteiger partial charge is 0.481 e. The molecule has 2 rings (SSSR count). The van der Waals surface area contributed by atoms with Crippen LogP contribution >= 0.6 is 0 Å². The van der Waals surface area contributed by atoms with Crippen LogP contribution in [-0.2, 0) is 16.0 Å². The smallest absolute Gasteiger partial charge is 0.311 e. The normalized spacial score (nSPS) is 16.5. The maximum atomic E-state index is 11.3. The number of carboxylic acids is 1. The zero-order chi connectivity index (χ0) is 14.2. The minimum absolute atomic E-state index is 0.00964. The minimum atomic E-state index is -1.04. The molecule has 1 aliphatic rings. The molecule has 0 saturated heterocycles. The van der Waals surface area contributed by atoms with E-state index in [0.717, 1.165) is 16.8 Å². The van der Waals surface area contributed by atoms with E-state index in [1.165, 1.54) is 0 Å². The molecule has 1 aliphatic heterocycles. The Bertz CT molecular complexity index is 537. The molecule has 102 valence electrons. The van der Waals surface area contributed by atoms with Gasteiger partial charge in [0.15, 0.2) is 0 Å². The van der Waals surface area contributed by atoms with Crippen molar-refractivity contribution >= 4 is 17.6 Å². The number of carbonyl (C=O) groups excluding carboxylic acids is 1. The van der Waals surface area contributed by atoms with Gasteiger partial charge in [-0.25, -0.2) is 0 Å². The zero-order valence-corrected chi connectivity index (χ0v) is 11.1. The second kappa shape index (κ2) is 4.66. The van der Waals surface area contributed by atoms with Crippen LogP contribution in [0.15, 0.2) is 18.2 Å². The van der Waals surface area contributed by atoms with E-state index in [0.29, 0.717) is 12.8 Å². The Kier molecular flexibility index (Phi) is 3.32. The van der Waals surface area contributed by atoms with Gasteiger partial charge in [0.25, 0.3) is 0 Å². The van der Waals surface area contributed by atoms with Gasteiger partial charge in [0.2, 0.25) is 5.91 Å². The zero-order valence-electron chi connectivity index (χ0n) is 11.1. The first-order chi connectivity index (χ1) is 8.82. The quantitative estimate of drug-likeness (QED) is 0.772. The molecule has 1 atom stereocenters. The molecule has 1 aromatic carbocycles. The molecule has 19 heavy (non-hydrogen) atoms. The van der Waals surface area contributed by atoms with E-state index in [1.54, 1.807) is 26.0 Å². The van der Waals surface area contributed by atoms with Gasteiger partial charge in [-0.3, -0.25) is 9.59 Å². The molecule has 0 radical (unpaired) electrons. The lowest BCUT2D eigenvalue weighted by Gasteiger charge is -2.28. The van der Waals surface area contributed by atoms with Crippen molar-refractivity contribution in [2.24, 2.45) is 11.1 Å². The van der Waals surface area contributed by atoms with Gasteiger partial charge >= 0.3 is 5.97 Å². The van der Waals surface area contributed by atoms with Crippen molar-refractivity contribution in [3.05, 3.63) is 29.3 Å². The number of hydrogen-bond acceptors (Lipinski definition) is 3. The number of aliphatic carboxylic acids is 1. The standard InChI is InChI=1S/C14H18N2O3/c1-14(2,13(18)19)12(15)9-3-5-10-8(7-9)4-6-11(17)16-10/h3,5,7,12H,4,6,15H2,1-2H3,(H,16,17)(H,18,19). The Labute approximate surface area is 111 Å². The molecule has 0 bridgehead atoms. The van der Waals surface area contributed by atoms with Gasteiger partial charge < -0.3 is 16.2 Å². The average Bonchev–Trinajstić information content (AvgIpc) is 2.37. The number of amides is 1. The highest BCUT2D eigenvalue weighted by molar-refractivity contribution is 5.93. The Balaban J connectivity index is 2.32. The summed E-state index contributed by atoms with van der Waals surface area (Å²) in [5.74, 6) is -0.915. The van der Waals surface area contributed by atoms with Crippen LogP contribution in [0.4, 0.5) is 5.69 Å². The number of aryl methyl sites for hydroxylation is 1. The molecule has 0 aromatic heterocycles. The molecule has 1 aromatic rings. The van der Waals surface area contributed by atoms with Crippen molar-refractivity contribution in [3.8, 4) is 0 Å². The number of nitrogens with one attached hydrogen (secondary N) is 1. The third kappa shape index (κ3) is 2.46. The number of rotatable bonds is 3. The number of carbonyl (C=O) groups is 2. The number of benzene rings is 1. The van der Waals surface area contributed by atoms with Crippen molar-refractivity contribution in [2.75, 3.05) is 5.32 Å². The van der Waals surface area contributed by atoms with Crippen molar-refractivity contribution in [3.63, 3.8) is 0 Å². The van der Waals surface area contributed by atoms with E-state index in [2.05, 4.69) is 5.32 Å². The molecule has 0 spiro atoms. The summed E-state index contributed by atoms with van der Waals surface area (Å²) in [7, 11) is 0. The fourth-order valence-electron chi connectivity index (χ4n) is 2.15. The van der Waals surface area contributed by atoms with E-state index in [4.69, 9.17) is 5.73 Å². The Hall–Kier alpha value is -1.88. The van der Waals surface area contributed by atoms with Gasteiger partial charge in [0.1, 0.15) is 0 Å². The minimum Gasteiger partial charge on any atom is -0.481 e. The van der Waals surface area contributed by atoms with Crippen LogP contribution in [0.2, 0.25) is 0 Å². The van der Waals surface area contributed by atoms with Gasteiger partial charge in [0, 0.05) is 18.2 Å². The summed E-state index contributed by atoms with van der Waals surface area (Å²) >= 11 is 0. The highest BCUT2D eigenvalue weighted by Gasteiger charge is 2.35. The molecule has 4 N–H and O–H groups in total. The summed E-state index contributed by atoms with van der Waals surface area (Å²) < 4.78 is 0. The summed E-state index contributed by atoms with van der Waals surface area (Å²) in [6.45, 7) is 3.22. The maximum absolute atomic E-state index is 11.3. The van der Waals surface area contributed by atoms with Crippen LogP contribution in [0.5, 0.6) is 0 Å². The molecule has 1 heterocycles. The fourth-order valence-corrected chi connectivity index (χ4v) is 2.15. The number of fused-ring (bicyclic) bond motifs is 1. The van der Waals surface area contributed by atoms with Gasteiger partial charge in [-0.1, -0.05) is 12.1 Å². The van der Waals surface area contributed by atoms with E-state index in [1.807, 2.05) is 6.07 Å². The summed E-state index contributed by atoms with van der Waals surface area (Å²) in [5, 5.41) is 12.0. The van der Waals surface area contributed by atoms with Crippen molar-refractivity contribution < 1.29 is 14.7 Å². The lowest BCUT2D eigenvalue weighted by molar-refractivity contribution is -0.148. The molecule has 0 fully saturated rings. The molecule has 1 unspecified atom stereocenters. The highest BCUT2D eigenvalue weighted by Crippen LogP contribution is 2.34. The van der Waals surface area contributed by atoms with Crippen LogP contribution in [0, 0.1) is 5.41 Å². The van der Waals surface area contributed by atoms with Crippen LogP contribution < -0.4 is 11.1 Å². The Morgan fingerprint density at radius 1 is 1.42 bits per heavy atom. The number of carboxylic acid groups (broad SMARTS) is 1. The van der Waals surface area contributed by atoms with Gasteiger partial charge in [-0.05, 0) is 37.5 Å². The summed E-state index contributed by atoms with van der Waals surface area (Å²) in [6.07, 6.45) is 1.11. The van der Waals surface area contributed by atoms with Gasteiger partial charge in [-0.15, -0.1) is 0 Å². The first-order valence-electron chi connectivity index (χ1n) is 6.24. The van der Waals surface area contributed by atoms with Crippen LogP contribution in [0.1, 0.15) is 37.4 Å². The van der Waals surface area contributed by atoms with Crippen LogP contribution in [0.25, 0.3) is 0 Å². The Morgan fingerprint density at radius 3 is 2.74 bits per heavy atom. The summed E-state index contributed by atoms with van der Waals surface area (Å²) in [5.41, 5.74) is 7.61. The molecule has 0 saturated carbocycles. The van der Waals surface area contributed by atoms with Crippen molar-refractivity contribution in [2.45, 2.75) is 32.7 Å². The first kappa shape index (κ1) is 13.5. The average molecular weight is 262 g/mol. The van der Waals surface area contributed by atoms with Crippen molar-refractivity contribution in [1.29, 1.82) is 0 Å². The second-order valence-corrected chi connectivity index (χ2v) is 5.47. The molecule has 5 nitrogen and oxygen atoms in total. The number of anilines is 1. The van der Waals surface area contributed by atoms with E-state index >= 15 is 0 Å². The maximum Gasteiger partial charge on any atom is 0.311 e. The third-order valence-corrected chi connectivity index (χ3v) is 3.71. The second-order valence-electron chi connectivity index (χ2n) is 5.47.